The van der Waals surface area contributed by atoms with Crippen LogP contribution in [0.25, 0.3) is 11.1 Å². The number of carbonyl (C=O) groups excluding carboxylic acids is 1. The van der Waals surface area contributed by atoms with E-state index in [-0.39, 0.29) is 28.3 Å². The molecule has 2 heterocycles. The normalized spacial score (nSPS) is 12.3. The SMILES string of the molecule is COc1ccccc1NC(=O)c1cc2c(N[C@H](C)c3cccc(C(F)(F)F)c3)nc(C)nc2oc1=O. The van der Waals surface area contributed by atoms with Crippen molar-refractivity contribution < 1.29 is 27.1 Å². The monoisotopic (exact) mass is 498 g/mol. The Bertz CT molecular complexity index is 1500. The van der Waals surface area contributed by atoms with Gasteiger partial charge in [0.25, 0.3) is 5.91 Å². The van der Waals surface area contributed by atoms with E-state index in [9.17, 15) is 22.8 Å². The van der Waals surface area contributed by atoms with E-state index in [1.165, 1.54) is 19.2 Å². The summed E-state index contributed by atoms with van der Waals surface area (Å²) < 4.78 is 50.0. The Labute approximate surface area is 203 Å². The number of benzene rings is 2. The summed E-state index contributed by atoms with van der Waals surface area (Å²) in [6, 6.07) is 12.2. The highest BCUT2D eigenvalue weighted by Crippen LogP contribution is 2.32. The summed E-state index contributed by atoms with van der Waals surface area (Å²) in [6.45, 7) is 3.23. The van der Waals surface area contributed by atoms with Crippen LogP contribution in [0.3, 0.4) is 0 Å². The minimum absolute atomic E-state index is 0.0694. The second-order valence-corrected chi connectivity index (χ2v) is 7.93. The summed E-state index contributed by atoms with van der Waals surface area (Å²) in [4.78, 5) is 33.9. The first kappa shape index (κ1) is 24.7. The molecule has 0 aliphatic rings. The molecule has 0 saturated heterocycles. The maximum atomic E-state index is 13.2. The number of hydrogen-bond donors (Lipinski definition) is 2. The van der Waals surface area contributed by atoms with E-state index in [0.29, 0.717) is 17.0 Å². The van der Waals surface area contributed by atoms with Gasteiger partial charge in [0, 0.05) is 6.04 Å². The third-order valence-corrected chi connectivity index (χ3v) is 5.39. The van der Waals surface area contributed by atoms with Crippen molar-refractivity contribution in [2.75, 3.05) is 17.7 Å². The summed E-state index contributed by atoms with van der Waals surface area (Å²) in [5.41, 5.74) is -1.36. The van der Waals surface area contributed by atoms with Crippen molar-refractivity contribution in [3.63, 3.8) is 0 Å². The van der Waals surface area contributed by atoms with Crippen LogP contribution in [0.1, 0.15) is 40.3 Å². The van der Waals surface area contributed by atoms with E-state index >= 15 is 0 Å². The fraction of sp³-hybridized carbons (Fsp3) is 0.200. The predicted molar refractivity (Wildman–Crippen MR) is 127 cm³/mol. The number of aromatic nitrogens is 2. The molecule has 0 aliphatic carbocycles. The lowest BCUT2D eigenvalue weighted by atomic mass is 10.0. The number of nitrogens with zero attached hydrogens (tertiary/aromatic N) is 2. The molecular weight excluding hydrogens is 477 g/mol. The van der Waals surface area contributed by atoms with Crippen molar-refractivity contribution in [2.45, 2.75) is 26.1 Å². The van der Waals surface area contributed by atoms with Crippen molar-refractivity contribution in [3.05, 3.63) is 87.5 Å². The number of amides is 1. The average Bonchev–Trinajstić information content (AvgIpc) is 2.83. The predicted octanol–water partition coefficient (Wildman–Crippen LogP) is 5.34. The van der Waals surface area contributed by atoms with Gasteiger partial charge < -0.3 is 19.8 Å². The van der Waals surface area contributed by atoms with Gasteiger partial charge in [0.05, 0.1) is 23.7 Å². The van der Waals surface area contributed by atoms with Crippen LogP contribution in [0.2, 0.25) is 0 Å². The minimum Gasteiger partial charge on any atom is -0.495 e. The van der Waals surface area contributed by atoms with Crippen LogP contribution in [-0.2, 0) is 6.18 Å². The second-order valence-electron chi connectivity index (χ2n) is 7.93. The molecule has 186 valence electrons. The molecule has 2 N–H and O–H groups in total. The van der Waals surface area contributed by atoms with E-state index in [0.717, 1.165) is 12.1 Å². The Morgan fingerprint density at radius 1 is 1.08 bits per heavy atom. The molecule has 1 amide bonds. The molecule has 0 saturated carbocycles. The standard InChI is InChI=1S/C25H21F3N4O4/c1-13(15-7-6-8-16(11-15)25(26,27)28)29-21-17-12-18(24(34)36-23(17)31-14(2)30-21)22(33)32-19-9-4-5-10-20(19)35-3/h4-13H,1-3H3,(H,32,33)(H,29,30,31)/t13-/m1/s1. The van der Waals surface area contributed by atoms with Crippen molar-refractivity contribution in [1.29, 1.82) is 0 Å². The van der Waals surface area contributed by atoms with E-state index in [1.54, 1.807) is 44.2 Å². The zero-order valence-electron chi connectivity index (χ0n) is 19.4. The lowest BCUT2D eigenvalue weighted by Crippen LogP contribution is -2.21. The van der Waals surface area contributed by atoms with Gasteiger partial charge >= 0.3 is 11.8 Å². The van der Waals surface area contributed by atoms with Gasteiger partial charge in [-0.1, -0.05) is 24.3 Å². The highest BCUT2D eigenvalue weighted by molar-refractivity contribution is 6.06. The van der Waals surface area contributed by atoms with Gasteiger partial charge in [0.1, 0.15) is 23.0 Å². The number of halogens is 3. The molecule has 0 radical (unpaired) electrons. The molecule has 0 fully saturated rings. The highest BCUT2D eigenvalue weighted by Gasteiger charge is 2.30. The molecule has 4 rings (SSSR count). The van der Waals surface area contributed by atoms with Gasteiger partial charge in [-0.3, -0.25) is 4.79 Å². The third kappa shape index (κ3) is 5.14. The summed E-state index contributed by atoms with van der Waals surface area (Å²) in [5, 5.41) is 5.86. The Kier molecular flexibility index (Phi) is 6.65. The molecule has 0 spiro atoms. The van der Waals surface area contributed by atoms with Crippen LogP contribution < -0.4 is 21.0 Å². The maximum absolute atomic E-state index is 13.2. The van der Waals surface area contributed by atoms with Crippen LogP contribution in [0.15, 0.2) is 63.8 Å². The Hall–Kier alpha value is -4.41. The number of hydrogen-bond acceptors (Lipinski definition) is 7. The molecule has 0 unspecified atom stereocenters. The Morgan fingerprint density at radius 3 is 2.56 bits per heavy atom. The number of ether oxygens (including phenoxy) is 1. The summed E-state index contributed by atoms with van der Waals surface area (Å²) >= 11 is 0. The quantitative estimate of drug-likeness (QED) is 0.369. The molecule has 36 heavy (non-hydrogen) atoms. The fourth-order valence-electron chi connectivity index (χ4n) is 3.59. The smallest absolute Gasteiger partial charge is 0.416 e. The first-order valence-corrected chi connectivity index (χ1v) is 10.8. The second kappa shape index (κ2) is 9.68. The van der Waals surface area contributed by atoms with E-state index in [2.05, 4.69) is 20.6 Å². The summed E-state index contributed by atoms with van der Waals surface area (Å²) in [6.07, 6.45) is -4.49. The highest BCUT2D eigenvalue weighted by atomic mass is 19.4. The van der Waals surface area contributed by atoms with Crippen molar-refractivity contribution >= 4 is 28.5 Å². The average molecular weight is 498 g/mol. The number of anilines is 2. The van der Waals surface area contributed by atoms with Gasteiger partial charge in [-0.15, -0.1) is 0 Å². The Morgan fingerprint density at radius 2 is 1.83 bits per heavy atom. The maximum Gasteiger partial charge on any atom is 0.416 e. The van der Waals surface area contributed by atoms with E-state index in [1.807, 2.05) is 0 Å². The van der Waals surface area contributed by atoms with Crippen molar-refractivity contribution in [2.24, 2.45) is 0 Å². The molecule has 1 atom stereocenters. The minimum atomic E-state index is -4.49. The zero-order chi connectivity index (χ0) is 26.0. The third-order valence-electron chi connectivity index (χ3n) is 5.39. The number of carbonyl (C=O) groups is 1. The molecule has 0 aliphatic heterocycles. The molecule has 11 heteroatoms. The van der Waals surface area contributed by atoms with Gasteiger partial charge in [-0.05, 0) is 49.7 Å². The van der Waals surface area contributed by atoms with Crippen molar-refractivity contribution in [1.82, 2.24) is 9.97 Å². The number of alkyl halides is 3. The van der Waals surface area contributed by atoms with Crippen LogP contribution in [0.5, 0.6) is 5.75 Å². The van der Waals surface area contributed by atoms with Gasteiger partial charge in [0.15, 0.2) is 0 Å². The zero-order valence-corrected chi connectivity index (χ0v) is 19.4. The summed E-state index contributed by atoms with van der Waals surface area (Å²) in [7, 11) is 1.44. The van der Waals surface area contributed by atoms with Gasteiger partial charge in [0.2, 0.25) is 5.71 Å². The van der Waals surface area contributed by atoms with Crippen LogP contribution in [0, 0.1) is 6.92 Å². The number of para-hydroxylation sites is 2. The summed E-state index contributed by atoms with van der Waals surface area (Å²) in [5.74, 6) is 0.105. The number of fused-ring (bicyclic) bond motifs is 1. The molecule has 4 aromatic rings. The van der Waals surface area contributed by atoms with Gasteiger partial charge in [-0.25, -0.2) is 9.78 Å². The Balaban J connectivity index is 1.71. The van der Waals surface area contributed by atoms with Crippen molar-refractivity contribution in [3.8, 4) is 5.75 Å². The molecular formula is C25H21F3N4O4. The molecule has 8 nitrogen and oxygen atoms in total. The van der Waals surface area contributed by atoms with Gasteiger partial charge in [-0.2, -0.15) is 18.2 Å². The topological polar surface area (TPSA) is 106 Å². The number of aryl methyl sites for hydroxylation is 1. The molecule has 2 aromatic heterocycles. The van der Waals surface area contributed by atoms with Crippen LogP contribution >= 0.6 is 0 Å². The molecule has 2 aromatic carbocycles. The first-order chi connectivity index (χ1) is 17.1. The number of rotatable bonds is 6. The lowest BCUT2D eigenvalue weighted by molar-refractivity contribution is -0.137. The largest absolute Gasteiger partial charge is 0.495 e. The number of nitrogens with one attached hydrogen (secondary N) is 2. The number of methoxy groups -OCH3 is 1. The first-order valence-electron chi connectivity index (χ1n) is 10.8. The van der Waals surface area contributed by atoms with E-state index in [4.69, 9.17) is 9.15 Å². The fourth-order valence-corrected chi connectivity index (χ4v) is 3.59. The lowest BCUT2D eigenvalue weighted by Gasteiger charge is -2.18. The van der Waals surface area contributed by atoms with Crippen LogP contribution in [-0.4, -0.2) is 23.0 Å². The van der Waals surface area contributed by atoms with Crippen LogP contribution in [0.4, 0.5) is 24.7 Å². The van der Waals surface area contributed by atoms with E-state index < -0.39 is 29.3 Å². The molecule has 0 bridgehead atoms.